The van der Waals surface area contributed by atoms with E-state index < -0.39 is 0 Å². The van der Waals surface area contributed by atoms with Crippen LogP contribution in [0.5, 0.6) is 0 Å². The molecule has 51 heavy (non-hydrogen) atoms. The van der Waals surface area contributed by atoms with E-state index in [1.54, 1.807) is 0 Å². The molecule has 1 N–H and O–H groups in total. The summed E-state index contributed by atoms with van der Waals surface area (Å²) in [6, 6.07) is 63.7. The van der Waals surface area contributed by atoms with Crippen molar-refractivity contribution >= 4 is 55.1 Å². The van der Waals surface area contributed by atoms with E-state index in [1.165, 1.54) is 0 Å². The number of hydrogen-bond acceptors (Lipinski definition) is 3. The fraction of sp³-hybridized carbons (Fsp3) is 0. The molecule has 3 aromatic heterocycles. The van der Waals surface area contributed by atoms with Gasteiger partial charge < -0.3 is 14.3 Å². The highest BCUT2D eigenvalue weighted by Gasteiger charge is 2.19. The van der Waals surface area contributed by atoms with Crippen molar-refractivity contribution in [2.24, 2.45) is 0 Å². The fourth-order valence-corrected chi connectivity index (χ4v) is 7.36. The average Bonchev–Trinajstić information content (AvgIpc) is 3.73. The average molecular weight is 654 g/mol. The second-order valence-electron chi connectivity index (χ2n) is 12.9. The SMILES string of the molecule is c1ccc(Nc2cc3c(cc2-c2ccc4c(c2)oc2ccccc24)c2cc(-c4cccc(-c5ccccc5)n4)ccc2n3-c2ccccc2)cc1. The van der Waals surface area contributed by atoms with Crippen LogP contribution in [0.3, 0.4) is 0 Å². The number of hydrogen-bond donors (Lipinski definition) is 1. The largest absolute Gasteiger partial charge is 0.456 e. The molecule has 0 aliphatic heterocycles. The summed E-state index contributed by atoms with van der Waals surface area (Å²) in [7, 11) is 0. The van der Waals surface area contributed by atoms with Gasteiger partial charge in [0.2, 0.25) is 0 Å². The van der Waals surface area contributed by atoms with E-state index in [-0.39, 0.29) is 0 Å². The maximum absolute atomic E-state index is 6.37. The van der Waals surface area contributed by atoms with Gasteiger partial charge in [-0.05, 0) is 84.4 Å². The van der Waals surface area contributed by atoms with Crippen LogP contribution in [-0.2, 0) is 0 Å². The third kappa shape index (κ3) is 5.04. The van der Waals surface area contributed by atoms with Gasteiger partial charge in [0.15, 0.2) is 0 Å². The number of fused-ring (bicyclic) bond motifs is 6. The van der Waals surface area contributed by atoms with Crippen LogP contribution in [0.15, 0.2) is 186 Å². The molecule has 10 aromatic rings. The highest BCUT2D eigenvalue weighted by molar-refractivity contribution is 6.14. The number of nitrogens with zero attached hydrogens (tertiary/aromatic N) is 2. The topological polar surface area (TPSA) is 43.0 Å². The summed E-state index contributed by atoms with van der Waals surface area (Å²) in [6.45, 7) is 0. The molecule has 3 heterocycles. The zero-order chi connectivity index (χ0) is 33.7. The maximum atomic E-state index is 6.37. The zero-order valence-corrected chi connectivity index (χ0v) is 27.6. The first-order chi connectivity index (χ1) is 25.3. The van der Waals surface area contributed by atoms with Crippen LogP contribution in [0.25, 0.3) is 83.1 Å². The van der Waals surface area contributed by atoms with Gasteiger partial charge in [0.05, 0.1) is 22.4 Å². The van der Waals surface area contributed by atoms with E-state index in [0.717, 1.165) is 94.4 Å². The Morgan fingerprint density at radius 1 is 0.431 bits per heavy atom. The number of rotatable bonds is 6. The molecule has 4 nitrogen and oxygen atoms in total. The van der Waals surface area contributed by atoms with Gasteiger partial charge in [-0.15, -0.1) is 0 Å². The minimum Gasteiger partial charge on any atom is -0.456 e. The van der Waals surface area contributed by atoms with Crippen LogP contribution in [-0.4, -0.2) is 9.55 Å². The molecule has 0 amide bonds. The number of pyridine rings is 1. The lowest BCUT2D eigenvalue weighted by Crippen LogP contribution is -1.97. The molecule has 240 valence electrons. The number of aromatic nitrogens is 2. The van der Waals surface area contributed by atoms with Crippen LogP contribution >= 0.6 is 0 Å². The number of benzene rings is 7. The summed E-state index contributed by atoms with van der Waals surface area (Å²) in [4.78, 5) is 5.11. The quantitative estimate of drug-likeness (QED) is 0.194. The van der Waals surface area contributed by atoms with Gasteiger partial charge in [-0.3, -0.25) is 0 Å². The summed E-state index contributed by atoms with van der Waals surface area (Å²) < 4.78 is 8.73. The van der Waals surface area contributed by atoms with Gasteiger partial charge in [-0.2, -0.15) is 0 Å². The summed E-state index contributed by atoms with van der Waals surface area (Å²) in [5, 5.41) is 8.33. The highest BCUT2D eigenvalue weighted by atomic mass is 16.3. The third-order valence-electron chi connectivity index (χ3n) is 9.78. The van der Waals surface area contributed by atoms with Gasteiger partial charge in [-0.25, -0.2) is 4.98 Å². The van der Waals surface area contributed by atoms with Crippen molar-refractivity contribution in [1.82, 2.24) is 9.55 Å². The van der Waals surface area contributed by atoms with Crippen LogP contribution in [0.1, 0.15) is 0 Å². The predicted octanol–water partition coefficient (Wildman–Crippen LogP) is 12.8. The molecular weight excluding hydrogens is 623 g/mol. The Labute approximate surface area is 294 Å². The number of nitrogens with one attached hydrogen (secondary N) is 1. The van der Waals surface area contributed by atoms with E-state index in [4.69, 9.17) is 9.40 Å². The lowest BCUT2D eigenvalue weighted by Gasteiger charge is -2.15. The van der Waals surface area contributed by atoms with E-state index in [1.807, 2.05) is 24.3 Å². The van der Waals surface area contributed by atoms with Crippen LogP contribution in [0.2, 0.25) is 0 Å². The minimum absolute atomic E-state index is 0.873. The Morgan fingerprint density at radius 3 is 1.92 bits per heavy atom. The van der Waals surface area contributed by atoms with Crippen molar-refractivity contribution in [2.75, 3.05) is 5.32 Å². The monoisotopic (exact) mass is 653 g/mol. The maximum Gasteiger partial charge on any atom is 0.136 e. The number of furan rings is 1. The molecule has 4 heteroatoms. The Morgan fingerprint density at radius 2 is 1.10 bits per heavy atom. The summed E-state index contributed by atoms with van der Waals surface area (Å²) in [6.07, 6.45) is 0. The molecule has 0 unspecified atom stereocenters. The molecule has 0 fully saturated rings. The molecule has 7 aromatic carbocycles. The molecule has 0 bridgehead atoms. The molecule has 0 aliphatic carbocycles. The Bertz CT molecular complexity index is 2870. The van der Waals surface area contributed by atoms with Gasteiger partial charge in [0.25, 0.3) is 0 Å². The Kier molecular flexibility index (Phi) is 6.78. The lowest BCUT2D eigenvalue weighted by molar-refractivity contribution is 0.669. The van der Waals surface area contributed by atoms with Crippen molar-refractivity contribution in [2.45, 2.75) is 0 Å². The number of anilines is 2. The third-order valence-corrected chi connectivity index (χ3v) is 9.78. The van der Waals surface area contributed by atoms with Gasteiger partial charge >= 0.3 is 0 Å². The molecule has 0 atom stereocenters. The van der Waals surface area contributed by atoms with Crippen molar-refractivity contribution in [3.63, 3.8) is 0 Å². The summed E-state index contributed by atoms with van der Waals surface area (Å²) in [5.74, 6) is 0. The van der Waals surface area contributed by atoms with Gasteiger partial charge in [0.1, 0.15) is 11.2 Å². The minimum atomic E-state index is 0.873. The van der Waals surface area contributed by atoms with Crippen molar-refractivity contribution in [1.29, 1.82) is 0 Å². The van der Waals surface area contributed by atoms with E-state index >= 15 is 0 Å². The molecular formula is C47H31N3O. The van der Waals surface area contributed by atoms with E-state index in [2.05, 4.69) is 168 Å². The molecule has 0 aliphatic rings. The van der Waals surface area contributed by atoms with Crippen LogP contribution < -0.4 is 5.32 Å². The number of para-hydroxylation sites is 3. The Hall–Kier alpha value is -6.91. The highest BCUT2D eigenvalue weighted by Crippen LogP contribution is 2.42. The second-order valence-corrected chi connectivity index (χ2v) is 12.9. The fourth-order valence-electron chi connectivity index (χ4n) is 7.36. The van der Waals surface area contributed by atoms with Crippen LogP contribution in [0.4, 0.5) is 11.4 Å². The normalized spacial score (nSPS) is 11.5. The van der Waals surface area contributed by atoms with E-state index in [9.17, 15) is 0 Å². The standard InChI is InChI=1S/C47H31N3O/c1-4-13-31(14-5-1)41-20-12-21-42(49-41)33-24-26-44-39(27-33)40-29-38(32-23-25-37-36-19-10-11-22-46(36)51-47(37)28-32)43(48-34-15-6-2-7-16-34)30-45(40)50(44)35-17-8-3-9-18-35/h1-30,48H. The predicted molar refractivity (Wildman–Crippen MR) is 212 cm³/mol. The summed E-state index contributed by atoms with van der Waals surface area (Å²) >= 11 is 0. The van der Waals surface area contributed by atoms with Crippen molar-refractivity contribution in [3.05, 3.63) is 182 Å². The smallest absolute Gasteiger partial charge is 0.136 e. The molecule has 0 radical (unpaired) electrons. The second kappa shape index (κ2) is 11.9. The molecule has 0 saturated heterocycles. The Balaban J connectivity index is 1.23. The first-order valence-electron chi connectivity index (χ1n) is 17.2. The van der Waals surface area contributed by atoms with Crippen molar-refractivity contribution < 1.29 is 4.42 Å². The zero-order valence-electron chi connectivity index (χ0n) is 27.6. The molecule has 0 saturated carbocycles. The van der Waals surface area contributed by atoms with E-state index in [0.29, 0.717) is 0 Å². The molecule has 0 spiro atoms. The lowest BCUT2D eigenvalue weighted by atomic mass is 9.98. The van der Waals surface area contributed by atoms with Crippen molar-refractivity contribution in [3.8, 4) is 39.3 Å². The van der Waals surface area contributed by atoms with Crippen LogP contribution in [0, 0.1) is 0 Å². The van der Waals surface area contributed by atoms with Gasteiger partial charge in [0, 0.05) is 55.3 Å². The first kappa shape index (κ1) is 29.0. The summed E-state index contributed by atoms with van der Waals surface area (Å²) in [5.41, 5.74) is 13.4. The molecule has 10 rings (SSSR count). The van der Waals surface area contributed by atoms with Gasteiger partial charge in [-0.1, -0.05) is 103 Å². The first-order valence-corrected chi connectivity index (χ1v) is 17.2.